The van der Waals surface area contributed by atoms with Crippen molar-refractivity contribution < 1.29 is 0 Å². The Morgan fingerprint density at radius 3 is 2.45 bits per heavy atom. The van der Waals surface area contributed by atoms with Crippen molar-refractivity contribution in [1.82, 2.24) is 4.98 Å². The van der Waals surface area contributed by atoms with Gasteiger partial charge in [-0.15, -0.1) is 0 Å². The van der Waals surface area contributed by atoms with Crippen molar-refractivity contribution in [2.75, 3.05) is 0 Å². The number of aromatic nitrogens is 1. The first-order valence-corrected chi connectivity index (χ1v) is 13.3. The molecule has 2 aromatic rings. The Morgan fingerprint density at radius 1 is 0.871 bits per heavy atom. The van der Waals surface area contributed by atoms with E-state index in [1.54, 1.807) is 5.56 Å². The number of rotatable bonds is 8. The summed E-state index contributed by atoms with van der Waals surface area (Å²) in [4.78, 5) is 5.08. The lowest BCUT2D eigenvalue weighted by atomic mass is 9.71. The van der Waals surface area contributed by atoms with Crippen LogP contribution in [0.2, 0.25) is 0 Å². The smallest absolute Gasteiger partial charge is 0.0705 e. The van der Waals surface area contributed by atoms with E-state index in [9.17, 15) is 0 Å². The van der Waals surface area contributed by atoms with Gasteiger partial charge in [-0.3, -0.25) is 4.98 Å². The van der Waals surface area contributed by atoms with Gasteiger partial charge in [-0.1, -0.05) is 89.6 Å². The minimum absolute atomic E-state index is 0.749. The molecule has 31 heavy (non-hydrogen) atoms. The molecule has 1 fully saturated rings. The minimum atomic E-state index is 0.749. The molecule has 2 unspecified atom stereocenters. The highest BCUT2D eigenvalue weighted by molar-refractivity contribution is 5.60. The van der Waals surface area contributed by atoms with Gasteiger partial charge >= 0.3 is 0 Å². The maximum Gasteiger partial charge on any atom is 0.0705 e. The lowest BCUT2D eigenvalue weighted by Gasteiger charge is -2.34. The number of benzene rings is 1. The highest BCUT2D eigenvalue weighted by Crippen LogP contribution is 2.41. The number of nitrogens with zero attached hydrogens (tertiary/aromatic N) is 1. The van der Waals surface area contributed by atoms with Crippen LogP contribution in [0.1, 0.15) is 108 Å². The van der Waals surface area contributed by atoms with Crippen LogP contribution >= 0.6 is 0 Å². The summed E-state index contributed by atoms with van der Waals surface area (Å²) in [5.74, 6) is 3.44. The summed E-state index contributed by atoms with van der Waals surface area (Å²) in [6.07, 6.45) is 16.2. The van der Waals surface area contributed by atoms with Gasteiger partial charge in [-0.25, -0.2) is 0 Å². The molecule has 0 spiro atoms. The molecule has 2 aliphatic carbocycles. The van der Waals surface area contributed by atoms with Crippen LogP contribution in [0.4, 0.5) is 0 Å². The molecule has 0 radical (unpaired) electrons. The Hall–Kier alpha value is -1.63. The van der Waals surface area contributed by atoms with Crippen LogP contribution in [0.25, 0.3) is 11.3 Å². The van der Waals surface area contributed by atoms with Gasteiger partial charge in [-0.05, 0) is 79.4 Å². The highest BCUT2D eigenvalue weighted by atomic mass is 14.7. The Bertz CT molecular complexity index is 821. The third-order valence-corrected chi connectivity index (χ3v) is 8.27. The summed E-state index contributed by atoms with van der Waals surface area (Å²) in [6.45, 7) is 7.12. The third-order valence-electron chi connectivity index (χ3n) is 8.27. The molecule has 1 heteroatoms. The summed E-state index contributed by atoms with van der Waals surface area (Å²) in [6, 6.07) is 14.0. The average molecular weight is 418 g/mol. The monoisotopic (exact) mass is 417 g/mol. The molecule has 1 saturated carbocycles. The SMILES string of the molecule is CCCCC[C@H]1CCC(c2ccc(-c3ccc4c(n3)CCC(CCC)C4)cc2)C[C@@H]1C. The first-order valence-electron chi connectivity index (χ1n) is 13.3. The number of fused-ring (bicyclic) bond motifs is 1. The number of unbranched alkanes of at least 4 members (excludes halogenated alkanes) is 2. The minimum Gasteiger partial charge on any atom is -0.253 e. The Kier molecular flexibility index (Phi) is 7.86. The van der Waals surface area contributed by atoms with E-state index in [1.807, 2.05) is 0 Å². The second-order valence-electron chi connectivity index (χ2n) is 10.6. The molecule has 4 atom stereocenters. The van der Waals surface area contributed by atoms with Crippen LogP contribution in [0.15, 0.2) is 36.4 Å². The molecule has 1 nitrogen and oxygen atoms in total. The largest absolute Gasteiger partial charge is 0.253 e. The van der Waals surface area contributed by atoms with Gasteiger partial charge in [0.1, 0.15) is 0 Å². The van der Waals surface area contributed by atoms with Gasteiger partial charge in [0, 0.05) is 11.3 Å². The van der Waals surface area contributed by atoms with Crippen LogP contribution in [0.3, 0.4) is 0 Å². The van der Waals surface area contributed by atoms with Crippen LogP contribution in [0, 0.1) is 17.8 Å². The van der Waals surface area contributed by atoms with Crippen molar-refractivity contribution in [2.45, 2.75) is 104 Å². The lowest BCUT2D eigenvalue weighted by Crippen LogP contribution is -2.22. The second kappa shape index (κ2) is 10.8. The third kappa shape index (κ3) is 5.60. The second-order valence-corrected chi connectivity index (χ2v) is 10.6. The van der Waals surface area contributed by atoms with Gasteiger partial charge in [0.15, 0.2) is 0 Å². The standard InChI is InChI=1S/C30H43N/c1-4-6-7-9-24-11-16-27(20-22(24)3)25-12-14-26(15-13-25)29-19-17-28-21-23(8-5-2)10-18-30(28)31-29/h12-15,17,19,22-24,27H,4-11,16,18,20-21H2,1-3H3/t22-,23?,24-,27?/m0/s1. The van der Waals surface area contributed by atoms with Gasteiger partial charge in [-0.2, -0.15) is 0 Å². The molecular weight excluding hydrogens is 374 g/mol. The molecule has 1 heterocycles. The topological polar surface area (TPSA) is 12.9 Å². The van der Waals surface area contributed by atoms with Crippen molar-refractivity contribution in [2.24, 2.45) is 17.8 Å². The number of aryl methyl sites for hydroxylation is 1. The van der Waals surface area contributed by atoms with E-state index in [1.165, 1.54) is 87.4 Å². The van der Waals surface area contributed by atoms with E-state index in [2.05, 4.69) is 57.2 Å². The normalized spacial score (nSPS) is 25.9. The molecule has 2 aliphatic rings. The van der Waals surface area contributed by atoms with Crippen LogP contribution < -0.4 is 0 Å². The fourth-order valence-electron chi connectivity index (χ4n) is 6.27. The summed E-state index contributed by atoms with van der Waals surface area (Å²) in [7, 11) is 0. The van der Waals surface area contributed by atoms with Crippen LogP contribution in [-0.2, 0) is 12.8 Å². The summed E-state index contributed by atoms with van der Waals surface area (Å²) in [5, 5.41) is 0. The van der Waals surface area contributed by atoms with E-state index < -0.39 is 0 Å². The molecule has 0 aliphatic heterocycles. The molecular formula is C30H43N. The highest BCUT2D eigenvalue weighted by Gasteiger charge is 2.28. The van der Waals surface area contributed by atoms with E-state index in [4.69, 9.17) is 4.98 Å². The summed E-state index contributed by atoms with van der Waals surface area (Å²) in [5.41, 5.74) is 6.83. The Balaban J connectivity index is 1.38. The summed E-state index contributed by atoms with van der Waals surface area (Å²) >= 11 is 0. The van der Waals surface area contributed by atoms with Crippen molar-refractivity contribution in [1.29, 1.82) is 0 Å². The quantitative estimate of drug-likeness (QED) is 0.391. The molecule has 4 rings (SSSR count). The first kappa shape index (κ1) is 22.6. The molecule has 168 valence electrons. The zero-order valence-corrected chi connectivity index (χ0v) is 20.2. The fourth-order valence-corrected chi connectivity index (χ4v) is 6.27. The Morgan fingerprint density at radius 2 is 1.71 bits per heavy atom. The molecule has 0 bridgehead atoms. The number of hydrogen-bond acceptors (Lipinski definition) is 1. The summed E-state index contributed by atoms with van der Waals surface area (Å²) < 4.78 is 0. The van der Waals surface area contributed by atoms with Crippen molar-refractivity contribution in [3.8, 4) is 11.3 Å². The van der Waals surface area contributed by atoms with Crippen molar-refractivity contribution in [3.63, 3.8) is 0 Å². The molecule has 1 aromatic carbocycles. The molecule has 0 N–H and O–H groups in total. The molecule has 0 saturated heterocycles. The van der Waals surface area contributed by atoms with E-state index in [0.717, 1.165) is 35.8 Å². The van der Waals surface area contributed by atoms with Crippen molar-refractivity contribution in [3.05, 3.63) is 53.2 Å². The predicted octanol–water partition coefficient (Wildman–Crippen LogP) is 8.75. The van der Waals surface area contributed by atoms with Gasteiger partial charge in [0.25, 0.3) is 0 Å². The predicted molar refractivity (Wildman–Crippen MR) is 133 cm³/mol. The van der Waals surface area contributed by atoms with Gasteiger partial charge in [0.05, 0.1) is 5.69 Å². The molecule has 0 amide bonds. The number of hydrogen-bond donors (Lipinski definition) is 0. The fraction of sp³-hybridized carbons (Fsp3) is 0.633. The number of pyridine rings is 1. The van der Waals surface area contributed by atoms with Crippen LogP contribution in [0.5, 0.6) is 0 Å². The van der Waals surface area contributed by atoms with E-state index in [0.29, 0.717) is 0 Å². The lowest BCUT2D eigenvalue weighted by molar-refractivity contribution is 0.215. The maximum atomic E-state index is 5.08. The molecule has 1 aromatic heterocycles. The van der Waals surface area contributed by atoms with Gasteiger partial charge in [0.2, 0.25) is 0 Å². The average Bonchev–Trinajstić information content (AvgIpc) is 2.80. The first-order chi connectivity index (χ1) is 15.2. The van der Waals surface area contributed by atoms with Crippen molar-refractivity contribution >= 4 is 0 Å². The van der Waals surface area contributed by atoms with Gasteiger partial charge < -0.3 is 0 Å². The van der Waals surface area contributed by atoms with E-state index >= 15 is 0 Å². The maximum absolute atomic E-state index is 5.08. The van der Waals surface area contributed by atoms with Crippen LogP contribution in [-0.4, -0.2) is 4.98 Å². The Labute approximate surface area is 191 Å². The zero-order valence-electron chi connectivity index (χ0n) is 20.2. The zero-order chi connectivity index (χ0) is 21.6. The van der Waals surface area contributed by atoms with E-state index in [-0.39, 0.29) is 0 Å².